The molecule has 0 fully saturated rings. The molecule has 1 N–H and O–H groups in total. The largest absolute Gasteiger partial charge is 0.350 e. The first-order valence-electron chi connectivity index (χ1n) is 6.98. The van der Waals surface area contributed by atoms with Gasteiger partial charge in [-0.25, -0.2) is 8.42 Å². The molecule has 1 amide bonds. The molecule has 6 heteroatoms. The Kier molecular flexibility index (Phi) is 5.37. The summed E-state index contributed by atoms with van der Waals surface area (Å²) in [6, 6.07) is 10.5. The Bertz CT molecular complexity index is 719. The van der Waals surface area contributed by atoms with Crippen molar-refractivity contribution < 1.29 is 13.2 Å². The first kappa shape index (κ1) is 16.7. The van der Waals surface area contributed by atoms with E-state index in [9.17, 15) is 13.2 Å². The number of hydrogen-bond acceptors (Lipinski definition) is 4. The molecule has 0 saturated carbocycles. The van der Waals surface area contributed by atoms with Crippen molar-refractivity contribution >= 4 is 27.1 Å². The van der Waals surface area contributed by atoms with Gasteiger partial charge in [0.1, 0.15) is 0 Å². The van der Waals surface area contributed by atoms with E-state index in [-0.39, 0.29) is 16.8 Å². The Morgan fingerprint density at radius 3 is 2.45 bits per heavy atom. The summed E-state index contributed by atoms with van der Waals surface area (Å²) in [7, 11) is -3.19. The summed E-state index contributed by atoms with van der Waals surface area (Å²) in [5.41, 5.74) is 0.886. The van der Waals surface area contributed by atoms with E-state index >= 15 is 0 Å². The van der Waals surface area contributed by atoms with Gasteiger partial charge in [0.2, 0.25) is 5.91 Å². The molecule has 1 atom stereocenters. The van der Waals surface area contributed by atoms with Crippen molar-refractivity contribution in [3.05, 3.63) is 52.2 Å². The second-order valence-corrected chi connectivity index (χ2v) is 8.26. The SMILES string of the molecule is CC(NC(=O)CCc1cccs1)c1ccc(S(C)(=O)=O)cc1. The summed E-state index contributed by atoms with van der Waals surface area (Å²) in [6.45, 7) is 1.89. The van der Waals surface area contributed by atoms with Crippen molar-refractivity contribution in [2.45, 2.75) is 30.7 Å². The van der Waals surface area contributed by atoms with E-state index in [4.69, 9.17) is 0 Å². The Morgan fingerprint density at radius 1 is 1.23 bits per heavy atom. The first-order valence-corrected chi connectivity index (χ1v) is 9.75. The molecule has 2 aromatic rings. The third-order valence-electron chi connectivity index (χ3n) is 3.36. The van der Waals surface area contributed by atoms with Gasteiger partial charge in [-0.15, -0.1) is 11.3 Å². The quantitative estimate of drug-likeness (QED) is 0.881. The molecule has 0 radical (unpaired) electrons. The maximum atomic E-state index is 11.9. The highest BCUT2D eigenvalue weighted by atomic mass is 32.2. The minimum atomic E-state index is -3.19. The molecule has 1 unspecified atom stereocenters. The van der Waals surface area contributed by atoms with Gasteiger partial charge < -0.3 is 5.32 Å². The molecule has 0 aliphatic carbocycles. The summed E-state index contributed by atoms with van der Waals surface area (Å²) in [5.74, 6) is -0.00640. The highest BCUT2D eigenvalue weighted by molar-refractivity contribution is 7.90. The first-order chi connectivity index (χ1) is 10.4. The van der Waals surface area contributed by atoms with Gasteiger partial charge in [0.25, 0.3) is 0 Å². The van der Waals surface area contributed by atoms with Crippen LogP contribution in [0.1, 0.15) is 29.8 Å². The van der Waals surface area contributed by atoms with Gasteiger partial charge in [0.15, 0.2) is 9.84 Å². The molecule has 0 saturated heterocycles. The Labute approximate surface area is 135 Å². The van der Waals surface area contributed by atoms with E-state index in [1.165, 1.54) is 11.1 Å². The lowest BCUT2D eigenvalue weighted by molar-refractivity contribution is -0.121. The van der Waals surface area contributed by atoms with Crippen molar-refractivity contribution in [3.63, 3.8) is 0 Å². The highest BCUT2D eigenvalue weighted by Crippen LogP contribution is 2.17. The summed E-state index contributed by atoms with van der Waals surface area (Å²) in [4.78, 5) is 13.4. The molecule has 1 aromatic heterocycles. The number of thiophene rings is 1. The van der Waals surface area contributed by atoms with Crippen LogP contribution in [0, 0.1) is 0 Å². The van der Waals surface area contributed by atoms with Gasteiger partial charge in [0, 0.05) is 17.6 Å². The fourth-order valence-electron chi connectivity index (χ4n) is 2.09. The molecule has 1 aromatic carbocycles. The second-order valence-electron chi connectivity index (χ2n) is 5.21. The topological polar surface area (TPSA) is 63.2 Å². The van der Waals surface area contributed by atoms with Crippen LogP contribution in [-0.2, 0) is 21.1 Å². The number of hydrogen-bond donors (Lipinski definition) is 1. The Hall–Kier alpha value is -1.66. The summed E-state index contributed by atoms with van der Waals surface area (Å²) < 4.78 is 22.8. The van der Waals surface area contributed by atoms with Crippen LogP contribution in [0.15, 0.2) is 46.7 Å². The third kappa shape index (κ3) is 4.68. The second kappa shape index (κ2) is 7.07. The van der Waals surface area contributed by atoms with Gasteiger partial charge in [-0.05, 0) is 42.5 Å². The van der Waals surface area contributed by atoms with E-state index in [0.717, 1.165) is 12.0 Å². The van der Waals surface area contributed by atoms with Crippen molar-refractivity contribution in [1.82, 2.24) is 5.32 Å². The van der Waals surface area contributed by atoms with E-state index in [1.54, 1.807) is 35.6 Å². The number of nitrogens with one attached hydrogen (secondary N) is 1. The molecule has 1 heterocycles. The number of amides is 1. The average Bonchev–Trinajstić information content (AvgIpc) is 2.97. The standard InChI is InChI=1S/C16H19NO3S2/c1-12(13-5-8-15(9-6-13)22(2,19)20)17-16(18)10-7-14-4-3-11-21-14/h3-6,8-9,11-12H,7,10H2,1-2H3,(H,17,18). The van der Waals surface area contributed by atoms with E-state index in [0.29, 0.717) is 6.42 Å². The van der Waals surface area contributed by atoms with Crippen molar-refractivity contribution in [2.24, 2.45) is 0 Å². The summed E-state index contributed by atoms with van der Waals surface area (Å²) in [5, 5.41) is 4.93. The molecule has 4 nitrogen and oxygen atoms in total. The lowest BCUT2D eigenvalue weighted by Crippen LogP contribution is -2.26. The zero-order chi connectivity index (χ0) is 16.2. The van der Waals surface area contributed by atoms with E-state index < -0.39 is 9.84 Å². The van der Waals surface area contributed by atoms with Crippen molar-refractivity contribution in [3.8, 4) is 0 Å². The van der Waals surface area contributed by atoms with E-state index in [1.807, 2.05) is 24.4 Å². The van der Waals surface area contributed by atoms with Crippen LogP contribution in [0.3, 0.4) is 0 Å². The van der Waals surface area contributed by atoms with Crippen molar-refractivity contribution in [2.75, 3.05) is 6.26 Å². The van der Waals surface area contributed by atoms with Gasteiger partial charge >= 0.3 is 0 Å². The van der Waals surface area contributed by atoms with Crippen molar-refractivity contribution in [1.29, 1.82) is 0 Å². The average molecular weight is 337 g/mol. The van der Waals surface area contributed by atoms with Crippen LogP contribution in [0.5, 0.6) is 0 Å². The lowest BCUT2D eigenvalue weighted by Gasteiger charge is -2.14. The highest BCUT2D eigenvalue weighted by Gasteiger charge is 2.12. The molecule has 22 heavy (non-hydrogen) atoms. The molecule has 0 bridgehead atoms. The maximum Gasteiger partial charge on any atom is 0.220 e. The van der Waals surface area contributed by atoms with Gasteiger partial charge in [0.05, 0.1) is 10.9 Å². The Morgan fingerprint density at radius 2 is 1.91 bits per heavy atom. The van der Waals surface area contributed by atoms with Gasteiger partial charge in [-0.3, -0.25) is 4.79 Å². The predicted octanol–water partition coefficient (Wildman–Crippen LogP) is 2.96. The van der Waals surface area contributed by atoms with Gasteiger partial charge in [-0.1, -0.05) is 18.2 Å². The number of carbonyl (C=O) groups is 1. The fraction of sp³-hybridized carbons (Fsp3) is 0.312. The van der Waals surface area contributed by atoms with Crippen LogP contribution in [0.25, 0.3) is 0 Å². The molecule has 2 rings (SSSR count). The monoisotopic (exact) mass is 337 g/mol. The summed E-state index contributed by atoms with van der Waals surface area (Å²) in [6.07, 6.45) is 2.37. The molecular weight excluding hydrogens is 318 g/mol. The zero-order valence-corrected chi connectivity index (χ0v) is 14.2. The number of benzene rings is 1. The number of aryl methyl sites for hydroxylation is 1. The number of sulfone groups is 1. The van der Waals surface area contributed by atoms with E-state index in [2.05, 4.69) is 5.32 Å². The van der Waals surface area contributed by atoms with Crippen LogP contribution in [0.2, 0.25) is 0 Å². The summed E-state index contributed by atoms with van der Waals surface area (Å²) >= 11 is 1.65. The predicted molar refractivity (Wildman–Crippen MR) is 88.7 cm³/mol. The molecule has 118 valence electrons. The van der Waals surface area contributed by atoms with Crippen LogP contribution in [0.4, 0.5) is 0 Å². The lowest BCUT2D eigenvalue weighted by atomic mass is 10.1. The molecular formula is C16H19NO3S2. The third-order valence-corrected chi connectivity index (χ3v) is 5.43. The number of rotatable bonds is 6. The van der Waals surface area contributed by atoms with Crippen LogP contribution < -0.4 is 5.32 Å². The molecule has 0 aliphatic heterocycles. The van der Waals surface area contributed by atoms with Crippen LogP contribution >= 0.6 is 11.3 Å². The minimum Gasteiger partial charge on any atom is -0.350 e. The van der Waals surface area contributed by atoms with Gasteiger partial charge in [-0.2, -0.15) is 0 Å². The molecule has 0 spiro atoms. The molecule has 0 aliphatic rings. The fourth-order valence-corrected chi connectivity index (χ4v) is 3.43. The Balaban J connectivity index is 1.91. The normalized spacial score (nSPS) is 12.8. The maximum absolute atomic E-state index is 11.9. The zero-order valence-electron chi connectivity index (χ0n) is 12.6. The minimum absolute atomic E-state index is 0.00640. The number of carbonyl (C=O) groups excluding carboxylic acids is 1. The van der Waals surface area contributed by atoms with Crippen LogP contribution in [-0.4, -0.2) is 20.6 Å². The smallest absolute Gasteiger partial charge is 0.220 e.